The lowest BCUT2D eigenvalue weighted by Gasteiger charge is -2.58. The average Bonchev–Trinajstić information content (AvgIpc) is 3.09. The van der Waals surface area contributed by atoms with Crippen LogP contribution in [0.4, 0.5) is 5.00 Å². The zero-order chi connectivity index (χ0) is 23.4. The van der Waals surface area contributed by atoms with Gasteiger partial charge in [0.1, 0.15) is 5.00 Å². The Bertz CT molecular complexity index is 970. The predicted octanol–water partition coefficient (Wildman–Crippen LogP) is 4.01. The standard InChI is InChI=1S/C25H33NO6S/c1-3-31-22(28)19-17-6-4-5-7-18(17)33-21(19)26-20(27)14(2)32-23(29)24-9-15-8-16(10-24)12-25(30,11-15)13-24/h14-16,30H,3-13H2,1-2H3,(H,26,27). The molecule has 5 aliphatic rings. The van der Waals surface area contributed by atoms with Crippen molar-refractivity contribution in [3.05, 3.63) is 16.0 Å². The maximum Gasteiger partial charge on any atom is 0.341 e. The topological polar surface area (TPSA) is 102 Å². The number of anilines is 1. The summed E-state index contributed by atoms with van der Waals surface area (Å²) < 4.78 is 10.9. The van der Waals surface area contributed by atoms with Crippen molar-refractivity contribution in [2.75, 3.05) is 11.9 Å². The van der Waals surface area contributed by atoms with Crippen molar-refractivity contribution in [1.29, 1.82) is 0 Å². The first kappa shape index (κ1) is 22.8. The third-order valence-corrected chi connectivity index (χ3v) is 9.21. The van der Waals surface area contributed by atoms with Crippen molar-refractivity contribution >= 4 is 34.2 Å². The van der Waals surface area contributed by atoms with E-state index in [0.717, 1.165) is 68.2 Å². The Morgan fingerprint density at radius 1 is 1.15 bits per heavy atom. The Morgan fingerprint density at radius 3 is 2.52 bits per heavy atom. The van der Waals surface area contributed by atoms with E-state index >= 15 is 0 Å². The summed E-state index contributed by atoms with van der Waals surface area (Å²) in [5, 5.41) is 14.3. The monoisotopic (exact) mass is 475 g/mol. The molecule has 1 amide bonds. The van der Waals surface area contributed by atoms with Crippen molar-refractivity contribution in [3.63, 3.8) is 0 Å². The molecule has 4 fully saturated rings. The van der Waals surface area contributed by atoms with E-state index in [1.807, 2.05) is 0 Å². The van der Waals surface area contributed by atoms with E-state index < -0.39 is 29.0 Å². The van der Waals surface area contributed by atoms with Crippen LogP contribution >= 0.6 is 11.3 Å². The van der Waals surface area contributed by atoms with Gasteiger partial charge in [0.25, 0.3) is 5.91 Å². The van der Waals surface area contributed by atoms with Crippen LogP contribution < -0.4 is 5.32 Å². The van der Waals surface area contributed by atoms with E-state index in [9.17, 15) is 19.5 Å². The molecular formula is C25H33NO6S. The van der Waals surface area contributed by atoms with E-state index in [1.165, 1.54) is 11.3 Å². The van der Waals surface area contributed by atoms with Crippen LogP contribution in [0.3, 0.4) is 0 Å². The summed E-state index contributed by atoms with van der Waals surface area (Å²) in [6.45, 7) is 3.60. The van der Waals surface area contributed by atoms with Gasteiger partial charge in [-0.15, -0.1) is 11.3 Å². The third-order valence-electron chi connectivity index (χ3n) is 8.00. The number of carbonyl (C=O) groups is 3. The lowest BCUT2D eigenvalue weighted by atomic mass is 9.48. The van der Waals surface area contributed by atoms with Gasteiger partial charge in [-0.05, 0) is 95.5 Å². The molecule has 0 saturated heterocycles. The molecule has 8 heteroatoms. The molecule has 3 atom stereocenters. The number of nitrogens with one attached hydrogen (secondary N) is 1. The van der Waals surface area contributed by atoms with Crippen LogP contribution in [0, 0.1) is 17.3 Å². The van der Waals surface area contributed by atoms with Crippen LogP contribution in [0.25, 0.3) is 0 Å². The summed E-state index contributed by atoms with van der Waals surface area (Å²) in [6.07, 6.45) is 7.30. The van der Waals surface area contributed by atoms with E-state index in [4.69, 9.17) is 9.47 Å². The van der Waals surface area contributed by atoms with Crippen LogP contribution in [0.5, 0.6) is 0 Å². The molecule has 4 saturated carbocycles. The third kappa shape index (κ3) is 4.09. The Labute approximate surface area is 198 Å². The molecule has 0 radical (unpaired) electrons. The maximum absolute atomic E-state index is 13.2. The Balaban J connectivity index is 1.30. The molecular weight excluding hydrogens is 442 g/mol. The summed E-state index contributed by atoms with van der Waals surface area (Å²) in [6, 6.07) is 0. The Hall–Kier alpha value is -1.93. The number of amides is 1. The first-order chi connectivity index (χ1) is 15.7. The molecule has 1 aromatic rings. The van der Waals surface area contributed by atoms with Gasteiger partial charge in [0.15, 0.2) is 6.10 Å². The summed E-state index contributed by atoms with van der Waals surface area (Å²) in [5.74, 6) is -0.515. The van der Waals surface area contributed by atoms with E-state index in [1.54, 1.807) is 13.8 Å². The van der Waals surface area contributed by atoms with Crippen molar-refractivity contribution in [2.45, 2.75) is 89.8 Å². The fourth-order valence-corrected chi connectivity index (χ4v) is 8.36. The second-order valence-electron chi connectivity index (χ2n) is 10.6. The highest BCUT2D eigenvalue weighted by atomic mass is 32.1. The van der Waals surface area contributed by atoms with Gasteiger partial charge in [-0.25, -0.2) is 4.79 Å². The minimum Gasteiger partial charge on any atom is -0.462 e. The van der Waals surface area contributed by atoms with Crippen molar-refractivity contribution < 1.29 is 29.0 Å². The summed E-state index contributed by atoms with van der Waals surface area (Å²) in [4.78, 5) is 40.0. The van der Waals surface area contributed by atoms with Crippen LogP contribution in [0.1, 0.15) is 86.0 Å². The summed E-state index contributed by atoms with van der Waals surface area (Å²) >= 11 is 1.42. The fourth-order valence-electron chi connectivity index (χ4n) is 7.08. The highest BCUT2D eigenvalue weighted by molar-refractivity contribution is 7.17. The number of rotatable bonds is 6. The molecule has 1 aromatic heterocycles. The second-order valence-corrected chi connectivity index (χ2v) is 11.7. The molecule has 4 bridgehead atoms. The van der Waals surface area contributed by atoms with Crippen LogP contribution in [-0.4, -0.2) is 41.3 Å². The minimum atomic E-state index is -0.991. The van der Waals surface area contributed by atoms with Crippen LogP contribution in [-0.2, 0) is 31.9 Å². The normalized spacial score (nSPS) is 32.7. The molecule has 180 valence electrons. The highest BCUT2D eigenvalue weighted by Gasteiger charge is 2.61. The van der Waals surface area contributed by atoms with Gasteiger partial charge < -0.3 is 19.9 Å². The molecule has 33 heavy (non-hydrogen) atoms. The number of aryl methyl sites for hydroxylation is 1. The van der Waals surface area contributed by atoms with Gasteiger partial charge in [0.05, 0.1) is 23.2 Å². The molecule has 2 N–H and O–H groups in total. The lowest BCUT2D eigenvalue weighted by Crippen LogP contribution is -2.59. The Morgan fingerprint density at radius 2 is 1.85 bits per heavy atom. The maximum atomic E-state index is 13.2. The van der Waals surface area contributed by atoms with Gasteiger partial charge in [-0.2, -0.15) is 0 Å². The molecule has 3 unspecified atom stereocenters. The predicted molar refractivity (Wildman–Crippen MR) is 123 cm³/mol. The summed E-state index contributed by atoms with van der Waals surface area (Å²) in [7, 11) is 0. The first-order valence-corrected chi connectivity index (χ1v) is 13.1. The Kier molecular flexibility index (Phi) is 5.80. The minimum absolute atomic E-state index is 0.265. The van der Waals surface area contributed by atoms with Crippen molar-refractivity contribution in [3.8, 4) is 0 Å². The van der Waals surface area contributed by atoms with Gasteiger partial charge in [0, 0.05) is 4.88 Å². The summed E-state index contributed by atoms with van der Waals surface area (Å²) in [5.41, 5.74) is -0.0109. The molecule has 6 rings (SSSR count). The van der Waals surface area contributed by atoms with Gasteiger partial charge >= 0.3 is 11.9 Å². The van der Waals surface area contributed by atoms with Crippen LogP contribution in [0.15, 0.2) is 0 Å². The van der Waals surface area contributed by atoms with E-state index in [-0.39, 0.29) is 12.6 Å². The number of hydrogen-bond donors (Lipinski definition) is 2. The fraction of sp³-hybridized carbons (Fsp3) is 0.720. The molecule has 5 aliphatic carbocycles. The molecule has 1 heterocycles. The van der Waals surface area contributed by atoms with Crippen molar-refractivity contribution in [2.24, 2.45) is 17.3 Å². The molecule has 0 spiro atoms. The first-order valence-electron chi connectivity index (χ1n) is 12.3. The number of hydrogen-bond acceptors (Lipinski definition) is 7. The second kappa shape index (κ2) is 8.38. The van der Waals surface area contributed by atoms with Gasteiger partial charge in [-0.1, -0.05) is 0 Å². The smallest absolute Gasteiger partial charge is 0.341 e. The largest absolute Gasteiger partial charge is 0.462 e. The molecule has 7 nitrogen and oxygen atoms in total. The SMILES string of the molecule is CCOC(=O)c1c(NC(=O)C(C)OC(=O)C23CC4CC(CC(O)(C4)C2)C3)sc2c1CCCC2. The number of ether oxygens (including phenoxy) is 2. The lowest BCUT2D eigenvalue weighted by molar-refractivity contribution is -0.199. The zero-order valence-corrected chi connectivity index (χ0v) is 20.2. The molecule has 0 aromatic carbocycles. The van der Waals surface area contributed by atoms with Gasteiger partial charge in [-0.3, -0.25) is 9.59 Å². The van der Waals surface area contributed by atoms with E-state index in [0.29, 0.717) is 28.8 Å². The van der Waals surface area contributed by atoms with Gasteiger partial charge in [0.2, 0.25) is 0 Å². The molecule has 0 aliphatic heterocycles. The highest BCUT2D eigenvalue weighted by Crippen LogP contribution is 2.62. The number of carbonyl (C=O) groups excluding carboxylic acids is 3. The quantitative estimate of drug-likeness (QED) is 0.603. The zero-order valence-electron chi connectivity index (χ0n) is 19.4. The van der Waals surface area contributed by atoms with E-state index in [2.05, 4.69) is 5.32 Å². The van der Waals surface area contributed by atoms with Crippen LogP contribution in [0.2, 0.25) is 0 Å². The average molecular weight is 476 g/mol. The number of fused-ring (bicyclic) bond motifs is 1. The van der Waals surface area contributed by atoms with Crippen molar-refractivity contribution in [1.82, 2.24) is 0 Å². The number of aliphatic hydroxyl groups is 1. The number of esters is 2. The number of thiophene rings is 1.